The molecular weight excluding hydrogens is 222 g/mol. The third-order valence-corrected chi connectivity index (χ3v) is 2.53. The van der Waals surface area contributed by atoms with Crippen molar-refractivity contribution in [2.24, 2.45) is 11.0 Å². The summed E-state index contributed by atoms with van der Waals surface area (Å²) in [5.41, 5.74) is 8.22. The predicted molar refractivity (Wildman–Crippen MR) is 64.1 cm³/mol. The Balaban J connectivity index is 4.72. The van der Waals surface area contributed by atoms with Crippen LogP contribution in [0, 0.1) is 5.92 Å². The zero-order valence-electron chi connectivity index (χ0n) is 10.8. The first-order valence-corrected chi connectivity index (χ1v) is 5.37. The Morgan fingerprint density at radius 2 is 1.82 bits per heavy atom. The number of likely N-dealkylation sites (N-methyl/N-ethyl adjacent to an activating group) is 1. The van der Waals surface area contributed by atoms with Gasteiger partial charge in [-0.1, -0.05) is 13.8 Å². The molecule has 0 aliphatic heterocycles. The van der Waals surface area contributed by atoms with Crippen LogP contribution in [0.2, 0.25) is 0 Å². The maximum Gasteiger partial charge on any atom is 0.241 e. The summed E-state index contributed by atoms with van der Waals surface area (Å²) in [6, 6.07) is -1.13. The van der Waals surface area contributed by atoms with Gasteiger partial charge in [0.1, 0.15) is 0 Å². The average molecular weight is 241 g/mol. The van der Waals surface area contributed by atoms with E-state index < -0.39 is 11.9 Å². The monoisotopic (exact) mass is 241 g/mol. The van der Waals surface area contributed by atoms with Crippen molar-refractivity contribution < 1.29 is 9.59 Å². The molecule has 0 aliphatic rings. The van der Waals surface area contributed by atoms with Crippen LogP contribution in [-0.2, 0) is 9.59 Å². The molecule has 0 unspecified atom stereocenters. The van der Waals surface area contributed by atoms with E-state index in [9.17, 15) is 9.59 Å². The van der Waals surface area contributed by atoms with Gasteiger partial charge in [0.15, 0.2) is 0 Å². The lowest BCUT2D eigenvalue weighted by molar-refractivity contribution is -0.130. The highest BCUT2D eigenvalue weighted by atomic mass is 16.2. The molecule has 7 nitrogen and oxygen atoms in total. The summed E-state index contributed by atoms with van der Waals surface area (Å²) < 4.78 is 0. The lowest BCUT2D eigenvalue weighted by Crippen LogP contribution is -2.50. The summed E-state index contributed by atoms with van der Waals surface area (Å²) in [5, 5.41) is 5.60. The first kappa shape index (κ1) is 15.4. The van der Waals surface area contributed by atoms with Crippen molar-refractivity contribution in [1.82, 2.24) is 10.2 Å². The Kier molecular flexibility index (Phi) is 6.23. The van der Waals surface area contributed by atoms with Crippen molar-refractivity contribution >= 4 is 11.8 Å². The number of nitrogens with one attached hydrogen (secondary N) is 1. The summed E-state index contributed by atoms with van der Waals surface area (Å²) in [6.45, 7) is 5.27. The zero-order chi connectivity index (χ0) is 13.6. The van der Waals surface area contributed by atoms with Gasteiger partial charge in [0.05, 0.1) is 12.1 Å². The van der Waals surface area contributed by atoms with Crippen LogP contribution < -0.4 is 5.32 Å². The highest BCUT2D eigenvalue weighted by Crippen LogP contribution is 2.05. The lowest BCUT2D eigenvalue weighted by atomic mass is 10.0. The molecule has 7 heteroatoms. The smallest absolute Gasteiger partial charge is 0.241 e. The molecule has 0 saturated heterocycles. The Bertz CT molecular complexity index is 334. The molecule has 0 heterocycles. The van der Waals surface area contributed by atoms with E-state index >= 15 is 0 Å². The van der Waals surface area contributed by atoms with Gasteiger partial charge in [0, 0.05) is 4.91 Å². The Morgan fingerprint density at radius 1 is 1.29 bits per heavy atom. The number of azide groups is 1. The minimum Gasteiger partial charge on any atom is -0.344 e. The molecule has 0 aromatic heterocycles. The van der Waals surface area contributed by atoms with Crippen molar-refractivity contribution in [3.8, 4) is 0 Å². The van der Waals surface area contributed by atoms with Gasteiger partial charge >= 0.3 is 0 Å². The molecule has 0 rings (SSSR count). The predicted octanol–water partition coefficient (Wildman–Crippen LogP) is 0.914. The maximum atomic E-state index is 11.8. The highest BCUT2D eigenvalue weighted by molar-refractivity contribution is 5.90. The summed E-state index contributed by atoms with van der Waals surface area (Å²) in [4.78, 5) is 27.4. The molecule has 2 atom stereocenters. The van der Waals surface area contributed by atoms with E-state index in [1.165, 1.54) is 0 Å². The summed E-state index contributed by atoms with van der Waals surface area (Å²) in [6.07, 6.45) is 0. The third-order valence-electron chi connectivity index (χ3n) is 2.53. The van der Waals surface area contributed by atoms with Crippen molar-refractivity contribution in [2.75, 3.05) is 14.1 Å². The fraction of sp³-hybridized carbons (Fsp3) is 0.800. The Hall–Kier alpha value is -1.59. The van der Waals surface area contributed by atoms with E-state index in [1.54, 1.807) is 39.8 Å². The van der Waals surface area contributed by atoms with Crippen LogP contribution in [0.3, 0.4) is 0 Å². The van der Waals surface area contributed by atoms with E-state index in [0.717, 1.165) is 0 Å². The molecule has 0 saturated carbocycles. The number of nitrogens with zero attached hydrogens (tertiary/aromatic N) is 4. The number of hydrogen-bond donors (Lipinski definition) is 1. The maximum absolute atomic E-state index is 11.8. The van der Waals surface area contributed by atoms with Gasteiger partial charge in [-0.15, -0.1) is 0 Å². The molecule has 0 aromatic carbocycles. The first-order valence-electron chi connectivity index (χ1n) is 5.37. The minimum atomic E-state index is -0.777. The second kappa shape index (κ2) is 6.88. The van der Waals surface area contributed by atoms with Gasteiger partial charge in [-0.25, -0.2) is 0 Å². The number of carbonyl (C=O) groups is 2. The van der Waals surface area contributed by atoms with Crippen LogP contribution in [0.25, 0.3) is 10.4 Å². The van der Waals surface area contributed by atoms with Crippen LogP contribution in [-0.4, -0.2) is 42.9 Å². The van der Waals surface area contributed by atoms with Gasteiger partial charge in [-0.3, -0.25) is 14.5 Å². The number of amides is 2. The van der Waals surface area contributed by atoms with Crippen LogP contribution in [0.4, 0.5) is 0 Å². The van der Waals surface area contributed by atoms with Crippen molar-refractivity contribution in [3.63, 3.8) is 0 Å². The second-order valence-electron chi connectivity index (χ2n) is 4.40. The standard InChI is InChI=1S/C10H19N5O2/c1-6(2)8(10(17)13-14-11)12-9(16)7(3)15(4)5/h6-8H,1-5H3,(H,12,16)/t7-,8-/m0/s1. The molecule has 0 aliphatic carbocycles. The molecule has 0 spiro atoms. The van der Waals surface area contributed by atoms with Gasteiger partial charge < -0.3 is 5.32 Å². The number of hydrogen-bond acceptors (Lipinski definition) is 3. The molecule has 17 heavy (non-hydrogen) atoms. The van der Waals surface area contributed by atoms with Gasteiger partial charge in [-0.2, -0.15) is 0 Å². The fourth-order valence-corrected chi connectivity index (χ4v) is 1.13. The van der Waals surface area contributed by atoms with Crippen molar-refractivity contribution in [3.05, 3.63) is 10.4 Å². The van der Waals surface area contributed by atoms with Crippen LogP contribution >= 0.6 is 0 Å². The third kappa shape index (κ3) is 4.84. The van der Waals surface area contributed by atoms with Gasteiger partial charge in [0.25, 0.3) is 0 Å². The molecule has 0 bridgehead atoms. The number of rotatable bonds is 5. The summed E-state index contributed by atoms with van der Waals surface area (Å²) >= 11 is 0. The van der Waals surface area contributed by atoms with Gasteiger partial charge in [-0.05, 0) is 37.6 Å². The summed E-state index contributed by atoms with van der Waals surface area (Å²) in [7, 11) is 3.54. The van der Waals surface area contributed by atoms with Gasteiger partial charge in [0.2, 0.25) is 11.8 Å². The highest BCUT2D eigenvalue weighted by Gasteiger charge is 2.25. The average Bonchev–Trinajstić information content (AvgIpc) is 2.23. The van der Waals surface area contributed by atoms with Crippen LogP contribution in [0.1, 0.15) is 20.8 Å². The molecule has 0 fully saturated rings. The van der Waals surface area contributed by atoms with E-state index in [-0.39, 0.29) is 17.9 Å². The molecule has 0 aromatic rings. The van der Waals surface area contributed by atoms with Crippen LogP contribution in [0.15, 0.2) is 5.11 Å². The quantitative estimate of drug-likeness (QED) is 0.440. The minimum absolute atomic E-state index is 0.133. The topological polar surface area (TPSA) is 98.2 Å². The lowest BCUT2D eigenvalue weighted by Gasteiger charge is -2.24. The van der Waals surface area contributed by atoms with E-state index in [2.05, 4.69) is 15.3 Å². The molecule has 2 amide bonds. The normalized spacial score (nSPS) is 14.1. The largest absolute Gasteiger partial charge is 0.344 e. The number of carbonyl (C=O) groups excluding carboxylic acids is 2. The Labute approximate surface area is 101 Å². The van der Waals surface area contributed by atoms with E-state index in [0.29, 0.717) is 0 Å². The molecule has 0 radical (unpaired) electrons. The second-order valence-corrected chi connectivity index (χ2v) is 4.40. The van der Waals surface area contributed by atoms with E-state index in [4.69, 9.17) is 5.53 Å². The SMILES string of the molecule is CC(C)[C@H](NC(=O)[C@H](C)N(C)C)C(=O)N=[N+]=[N-]. The molecular formula is C10H19N5O2. The fourth-order valence-electron chi connectivity index (χ4n) is 1.13. The molecule has 1 N–H and O–H groups in total. The van der Waals surface area contributed by atoms with Crippen molar-refractivity contribution in [1.29, 1.82) is 0 Å². The summed E-state index contributed by atoms with van der Waals surface area (Å²) in [5.74, 6) is -1.07. The Morgan fingerprint density at radius 3 is 2.18 bits per heavy atom. The first-order chi connectivity index (χ1) is 7.81. The molecule has 96 valence electrons. The zero-order valence-corrected chi connectivity index (χ0v) is 10.8. The van der Waals surface area contributed by atoms with Crippen LogP contribution in [0.5, 0.6) is 0 Å². The van der Waals surface area contributed by atoms with Crippen molar-refractivity contribution in [2.45, 2.75) is 32.9 Å². The van der Waals surface area contributed by atoms with E-state index in [1.807, 2.05) is 0 Å².